The number of ether oxygens (including phenoxy) is 1. The molecule has 0 aliphatic heterocycles. The van der Waals surface area contributed by atoms with E-state index in [0.717, 1.165) is 35.0 Å². The van der Waals surface area contributed by atoms with Crippen molar-refractivity contribution >= 4 is 0 Å². The van der Waals surface area contributed by atoms with Gasteiger partial charge in [0.15, 0.2) is 5.75 Å². The van der Waals surface area contributed by atoms with Crippen molar-refractivity contribution in [2.45, 2.75) is 33.9 Å². The summed E-state index contributed by atoms with van der Waals surface area (Å²) in [6.45, 7) is 7.15. The molecule has 5 heteroatoms. The van der Waals surface area contributed by atoms with E-state index >= 15 is 0 Å². The Balaban J connectivity index is 2.32. The van der Waals surface area contributed by atoms with E-state index in [0.29, 0.717) is 6.54 Å². The maximum absolute atomic E-state index is 5.84. The van der Waals surface area contributed by atoms with Gasteiger partial charge in [0.25, 0.3) is 0 Å². The predicted octanol–water partition coefficient (Wildman–Crippen LogP) is 2.17. The molecule has 18 heavy (non-hydrogen) atoms. The fourth-order valence-electron chi connectivity index (χ4n) is 1.86. The second-order valence-corrected chi connectivity index (χ2v) is 4.16. The van der Waals surface area contributed by atoms with Crippen molar-refractivity contribution in [1.29, 1.82) is 0 Å². The van der Waals surface area contributed by atoms with Crippen molar-refractivity contribution in [2.75, 3.05) is 0 Å². The second-order valence-electron chi connectivity index (χ2n) is 4.16. The first kappa shape index (κ1) is 12.6. The van der Waals surface area contributed by atoms with Gasteiger partial charge in [-0.2, -0.15) is 5.10 Å². The Kier molecular flexibility index (Phi) is 3.62. The third-order valence-corrected chi connectivity index (χ3v) is 2.78. The van der Waals surface area contributed by atoms with Crippen LogP contribution in [0.4, 0.5) is 0 Å². The van der Waals surface area contributed by atoms with Crippen LogP contribution in [0.15, 0.2) is 18.5 Å². The predicted molar refractivity (Wildman–Crippen MR) is 69.6 cm³/mol. The van der Waals surface area contributed by atoms with Crippen LogP contribution in [0.1, 0.15) is 23.9 Å². The molecule has 0 aromatic carbocycles. The molecule has 2 N–H and O–H groups in total. The summed E-state index contributed by atoms with van der Waals surface area (Å²) < 4.78 is 7.66. The summed E-state index contributed by atoms with van der Waals surface area (Å²) in [5.41, 5.74) is 8.51. The first-order valence-corrected chi connectivity index (χ1v) is 6.01. The minimum absolute atomic E-state index is 0.413. The monoisotopic (exact) mass is 246 g/mol. The zero-order valence-electron chi connectivity index (χ0n) is 11.0. The molecule has 0 aliphatic rings. The van der Waals surface area contributed by atoms with Gasteiger partial charge in [-0.3, -0.25) is 9.67 Å². The SMILES string of the molecule is CCn1cc(Oc2cc(C)nc(C)c2CN)cn1. The molecule has 0 fully saturated rings. The molecule has 0 radical (unpaired) electrons. The van der Waals surface area contributed by atoms with Crippen LogP contribution in [0.5, 0.6) is 11.5 Å². The van der Waals surface area contributed by atoms with E-state index in [1.54, 1.807) is 6.20 Å². The number of hydrogen-bond donors (Lipinski definition) is 1. The van der Waals surface area contributed by atoms with Crippen LogP contribution in [0, 0.1) is 13.8 Å². The Morgan fingerprint density at radius 3 is 2.78 bits per heavy atom. The van der Waals surface area contributed by atoms with E-state index in [1.807, 2.05) is 37.7 Å². The number of aromatic nitrogens is 3. The molecule has 2 rings (SSSR count). The van der Waals surface area contributed by atoms with E-state index in [9.17, 15) is 0 Å². The van der Waals surface area contributed by atoms with Crippen molar-refractivity contribution in [3.05, 3.63) is 35.4 Å². The maximum Gasteiger partial charge on any atom is 0.165 e. The Morgan fingerprint density at radius 1 is 1.39 bits per heavy atom. The Morgan fingerprint density at radius 2 is 2.17 bits per heavy atom. The largest absolute Gasteiger partial charge is 0.454 e. The molecule has 0 atom stereocenters. The standard InChI is InChI=1S/C13H18N4O/c1-4-17-8-11(7-15-17)18-13-5-9(2)16-10(3)12(13)6-14/h5,7-8H,4,6,14H2,1-3H3. The molecule has 2 aromatic heterocycles. The van der Waals surface area contributed by atoms with E-state index < -0.39 is 0 Å². The summed E-state index contributed by atoms with van der Waals surface area (Å²) in [6.07, 6.45) is 3.57. The highest BCUT2D eigenvalue weighted by Gasteiger charge is 2.10. The van der Waals surface area contributed by atoms with Crippen molar-refractivity contribution in [3.8, 4) is 11.5 Å². The molecular formula is C13H18N4O. The molecule has 0 unspecified atom stereocenters. The zero-order valence-corrected chi connectivity index (χ0v) is 11.0. The van der Waals surface area contributed by atoms with E-state index in [1.165, 1.54) is 0 Å². The highest BCUT2D eigenvalue weighted by atomic mass is 16.5. The summed E-state index contributed by atoms with van der Waals surface area (Å²) in [7, 11) is 0. The molecular weight excluding hydrogens is 228 g/mol. The Hall–Kier alpha value is -1.88. The van der Waals surface area contributed by atoms with Gasteiger partial charge in [-0.15, -0.1) is 0 Å². The first-order valence-electron chi connectivity index (χ1n) is 6.01. The van der Waals surface area contributed by atoms with Crippen LogP contribution in [-0.4, -0.2) is 14.8 Å². The number of pyridine rings is 1. The lowest BCUT2D eigenvalue weighted by Crippen LogP contribution is -2.04. The fraction of sp³-hybridized carbons (Fsp3) is 0.385. The van der Waals surface area contributed by atoms with E-state index in [2.05, 4.69) is 10.1 Å². The number of hydrogen-bond acceptors (Lipinski definition) is 4. The third kappa shape index (κ3) is 2.51. The summed E-state index contributed by atoms with van der Waals surface area (Å²) in [4.78, 5) is 4.39. The highest BCUT2D eigenvalue weighted by Crippen LogP contribution is 2.27. The van der Waals surface area contributed by atoms with Crippen molar-refractivity contribution < 1.29 is 4.74 Å². The molecule has 2 heterocycles. The van der Waals surface area contributed by atoms with Gasteiger partial charge in [0.1, 0.15) is 5.75 Å². The average molecular weight is 246 g/mol. The summed E-state index contributed by atoms with van der Waals surface area (Å²) >= 11 is 0. The molecule has 96 valence electrons. The van der Waals surface area contributed by atoms with Crippen LogP contribution < -0.4 is 10.5 Å². The van der Waals surface area contributed by atoms with E-state index in [-0.39, 0.29) is 0 Å². The van der Waals surface area contributed by atoms with Crippen molar-refractivity contribution in [2.24, 2.45) is 5.73 Å². The molecule has 0 aliphatic carbocycles. The number of aryl methyl sites for hydroxylation is 3. The van der Waals surface area contributed by atoms with Gasteiger partial charge in [0.2, 0.25) is 0 Å². The molecule has 5 nitrogen and oxygen atoms in total. The fourth-order valence-corrected chi connectivity index (χ4v) is 1.86. The summed E-state index contributed by atoms with van der Waals surface area (Å²) in [5, 5.41) is 4.18. The van der Waals surface area contributed by atoms with Gasteiger partial charge >= 0.3 is 0 Å². The molecule has 0 amide bonds. The lowest BCUT2D eigenvalue weighted by Gasteiger charge is -2.11. The molecule has 2 aromatic rings. The normalized spacial score (nSPS) is 10.7. The third-order valence-electron chi connectivity index (χ3n) is 2.78. The van der Waals surface area contributed by atoms with Gasteiger partial charge in [0.05, 0.1) is 12.4 Å². The number of nitrogens with zero attached hydrogens (tertiary/aromatic N) is 3. The van der Waals surface area contributed by atoms with Gasteiger partial charge in [-0.05, 0) is 20.8 Å². The van der Waals surface area contributed by atoms with Crippen molar-refractivity contribution in [1.82, 2.24) is 14.8 Å². The van der Waals surface area contributed by atoms with Crippen molar-refractivity contribution in [3.63, 3.8) is 0 Å². The minimum atomic E-state index is 0.413. The topological polar surface area (TPSA) is 66.0 Å². The van der Waals surface area contributed by atoms with Crippen LogP contribution in [-0.2, 0) is 13.1 Å². The Bertz CT molecular complexity index is 548. The zero-order chi connectivity index (χ0) is 13.1. The molecule has 0 saturated heterocycles. The maximum atomic E-state index is 5.84. The first-order chi connectivity index (χ1) is 8.63. The second kappa shape index (κ2) is 5.18. The van der Waals surface area contributed by atoms with Gasteiger partial charge in [-0.25, -0.2) is 0 Å². The van der Waals surface area contributed by atoms with Gasteiger partial charge < -0.3 is 10.5 Å². The number of nitrogens with two attached hydrogens (primary N) is 1. The van der Waals surface area contributed by atoms with Gasteiger partial charge in [-0.1, -0.05) is 0 Å². The Labute approximate surface area is 107 Å². The quantitative estimate of drug-likeness (QED) is 0.897. The molecule has 0 saturated carbocycles. The van der Waals surface area contributed by atoms with Crippen LogP contribution >= 0.6 is 0 Å². The van der Waals surface area contributed by atoms with Gasteiger partial charge in [0, 0.05) is 36.1 Å². The smallest absolute Gasteiger partial charge is 0.165 e. The summed E-state index contributed by atoms with van der Waals surface area (Å²) in [5.74, 6) is 1.48. The van der Waals surface area contributed by atoms with Crippen LogP contribution in [0.2, 0.25) is 0 Å². The molecule has 0 bridgehead atoms. The lowest BCUT2D eigenvalue weighted by molar-refractivity contribution is 0.472. The highest BCUT2D eigenvalue weighted by molar-refractivity contribution is 5.40. The van der Waals surface area contributed by atoms with Crippen LogP contribution in [0.25, 0.3) is 0 Å². The van der Waals surface area contributed by atoms with E-state index in [4.69, 9.17) is 10.5 Å². The summed E-state index contributed by atoms with van der Waals surface area (Å²) in [6, 6.07) is 1.90. The lowest BCUT2D eigenvalue weighted by atomic mass is 10.1. The van der Waals surface area contributed by atoms with Crippen LogP contribution in [0.3, 0.4) is 0 Å². The average Bonchev–Trinajstić information content (AvgIpc) is 2.76. The molecule has 0 spiro atoms. The number of rotatable bonds is 4. The minimum Gasteiger partial charge on any atom is -0.454 e.